The Labute approximate surface area is 199 Å². The zero-order valence-electron chi connectivity index (χ0n) is 19.4. The van der Waals surface area contributed by atoms with Crippen LogP contribution in [0.1, 0.15) is 36.1 Å². The number of ether oxygens (including phenoxy) is 2. The fraction of sp³-hybridized carbons (Fsp3) is 0.214. The Balaban J connectivity index is 1.90. The van der Waals surface area contributed by atoms with Gasteiger partial charge in [-0.15, -0.1) is 0 Å². The smallest absolute Gasteiger partial charge is 0.300 e. The van der Waals surface area contributed by atoms with Crippen LogP contribution in [0.15, 0.2) is 78.4 Å². The lowest BCUT2D eigenvalue weighted by atomic mass is 9.94. The molecule has 1 amide bonds. The number of aliphatic hydroxyl groups is 1. The van der Waals surface area contributed by atoms with Gasteiger partial charge in [0.2, 0.25) is 0 Å². The second-order valence-electron chi connectivity index (χ2n) is 8.16. The zero-order chi connectivity index (χ0) is 24.2. The molecule has 1 N–H and O–H groups in total. The second-order valence-corrected chi connectivity index (χ2v) is 8.16. The molecule has 0 saturated carbocycles. The number of aliphatic hydroxyl groups excluding tert-OH is 1. The van der Waals surface area contributed by atoms with Crippen LogP contribution in [0.25, 0.3) is 5.76 Å². The van der Waals surface area contributed by atoms with Crippen molar-refractivity contribution in [2.45, 2.75) is 26.3 Å². The minimum Gasteiger partial charge on any atom is -0.507 e. The number of nitrogens with zero attached hydrogens (tertiary/aromatic N) is 1. The van der Waals surface area contributed by atoms with Gasteiger partial charge in [-0.25, -0.2) is 0 Å². The number of amides is 1. The average Bonchev–Trinajstić information content (AvgIpc) is 3.13. The number of ketones is 1. The lowest BCUT2D eigenvalue weighted by Crippen LogP contribution is -2.29. The summed E-state index contributed by atoms with van der Waals surface area (Å²) in [5.41, 5.74) is 2.67. The van der Waals surface area contributed by atoms with Gasteiger partial charge >= 0.3 is 0 Å². The quantitative estimate of drug-likeness (QED) is 0.291. The molecule has 1 heterocycles. The summed E-state index contributed by atoms with van der Waals surface area (Å²) in [6, 6.07) is 20.6. The van der Waals surface area contributed by atoms with Crippen molar-refractivity contribution < 1.29 is 24.2 Å². The van der Waals surface area contributed by atoms with Gasteiger partial charge in [-0.2, -0.15) is 0 Å². The fourth-order valence-corrected chi connectivity index (χ4v) is 4.04. The van der Waals surface area contributed by atoms with Crippen LogP contribution in [-0.4, -0.2) is 30.5 Å². The molecular weight excluding hydrogens is 430 g/mol. The van der Waals surface area contributed by atoms with Crippen LogP contribution in [0.5, 0.6) is 11.5 Å². The van der Waals surface area contributed by atoms with Gasteiger partial charge in [0.25, 0.3) is 11.7 Å². The average molecular weight is 458 g/mol. The van der Waals surface area contributed by atoms with E-state index in [4.69, 9.17) is 9.47 Å². The summed E-state index contributed by atoms with van der Waals surface area (Å²) < 4.78 is 11.1. The minimum atomic E-state index is -0.835. The number of carbonyl (C=O) groups is 2. The standard InChI is InChI=1S/C28H27NO5/c1-4-15-34-23-10-6-8-21(17-23)29-25(20-7-5-9-22(16-20)33-3)24(27(31)28(29)32)26(30)19-13-11-18(2)12-14-19/h5-14,16-17,25,30H,4,15H2,1-3H3/b26-24+. The summed E-state index contributed by atoms with van der Waals surface area (Å²) in [7, 11) is 1.55. The van der Waals surface area contributed by atoms with E-state index in [1.165, 1.54) is 4.90 Å². The van der Waals surface area contributed by atoms with E-state index in [9.17, 15) is 14.7 Å². The molecule has 34 heavy (non-hydrogen) atoms. The summed E-state index contributed by atoms with van der Waals surface area (Å²) in [5, 5.41) is 11.2. The number of rotatable bonds is 7. The molecule has 0 spiro atoms. The van der Waals surface area contributed by atoms with E-state index in [1.54, 1.807) is 55.6 Å². The van der Waals surface area contributed by atoms with Gasteiger partial charge in [0.15, 0.2) is 0 Å². The zero-order valence-corrected chi connectivity index (χ0v) is 19.4. The Kier molecular flexibility index (Phi) is 6.68. The molecule has 1 unspecified atom stereocenters. The molecular formula is C28H27NO5. The monoisotopic (exact) mass is 457 g/mol. The van der Waals surface area contributed by atoms with Crippen molar-refractivity contribution in [2.75, 3.05) is 18.6 Å². The fourth-order valence-electron chi connectivity index (χ4n) is 4.04. The normalized spacial score (nSPS) is 17.1. The molecule has 0 bridgehead atoms. The molecule has 6 nitrogen and oxygen atoms in total. The molecule has 1 aliphatic rings. The van der Waals surface area contributed by atoms with Gasteiger partial charge in [-0.3, -0.25) is 14.5 Å². The van der Waals surface area contributed by atoms with Gasteiger partial charge in [0.1, 0.15) is 17.3 Å². The molecule has 1 fully saturated rings. The number of carbonyl (C=O) groups excluding carboxylic acids is 2. The maximum absolute atomic E-state index is 13.3. The third-order valence-corrected chi connectivity index (χ3v) is 5.75. The van der Waals surface area contributed by atoms with Crippen molar-refractivity contribution in [1.82, 2.24) is 0 Å². The molecule has 174 valence electrons. The number of methoxy groups -OCH3 is 1. The molecule has 4 rings (SSSR count). The first-order chi connectivity index (χ1) is 16.4. The van der Waals surface area contributed by atoms with Gasteiger partial charge in [-0.1, -0.05) is 55.0 Å². The van der Waals surface area contributed by atoms with Gasteiger partial charge in [-0.05, 0) is 43.2 Å². The van der Waals surface area contributed by atoms with Crippen LogP contribution in [0.3, 0.4) is 0 Å². The predicted octanol–water partition coefficient (Wildman–Crippen LogP) is 5.42. The number of hydrogen-bond donors (Lipinski definition) is 1. The Hall–Kier alpha value is -4.06. The second kappa shape index (κ2) is 9.83. The topological polar surface area (TPSA) is 76.1 Å². The van der Waals surface area contributed by atoms with Crippen molar-refractivity contribution in [1.29, 1.82) is 0 Å². The van der Waals surface area contributed by atoms with Gasteiger partial charge in [0, 0.05) is 17.3 Å². The Bertz CT molecular complexity index is 1250. The van der Waals surface area contributed by atoms with Gasteiger partial charge in [0.05, 0.1) is 25.3 Å². The summed E-state index contributed by atoms with van der Waals surface area (Å²) >= 11 is 0. The van der Waals surface area contributed by atoms with E-state index in [1.807, 2.05) is 38.1 Å². The molecule has 0 aromatic heterocycles. The largest absolute Gasteiger partial charge is 0.507 e. The SMILES string of the molecule is CCCOc1cccc(N2C(=O)C(=O)/C(=C(/O)c3ccc(C)cc3)C2c2cccc(OC)c2)c1. The first-order valence-electron chi connectivity index (χ1n) is 11.2. The molecule has 0 radical (unpaired) electrons. The Morgan fingerprint density at radius 3 is 2.38 bits per heavy atom. The van der Waals surface area contributed by atoms with E-state index < -0.39 is 17.7 Å². The van der Waals surface area contributed by atoms with Crippen molar-refractivity contribution >= 4 is 23.1 Å². The highest BCUT2D eigenvalue weighted by Crippen LogP contribution is 2.43. The van der Waals surface area contributed by atoms with E-state index in [2.05, 4.69) is 0 Å². The minimum absolute atomic E-state index is 0.0296. The molecule has 0 aliphatic carbocycles. The predicted molar refractivity (Wildman–Crippen MR) is 131 cm³/mol. The third kappa shape index (κ3) is 4.39. The van der Waals surface area contributed by atoms with E-state index in [0.717, 1.165) is 12.0 Å². The first-order valence-corrected chi connectivity index (χ1v) is 11.2. The first kappa shape index (κ1) is 23.1. The van der Waals surface area contributed by atoms with E-state index in [-0.39, 0.29) is 11.3 Å². The maximum atomic E-state index is 13.3. The van der Waals surface area contributed by atoms with Crippen molar-refractivity contribution in [3.8, 4) is 11.5 Å². The number of anilines is 1. The summed E-state index contributed by atoms with van der Waals surface area (Å²) in [5.74, 6) is -0.491. The molecule has 3 aromatic rings. The number of benzene rings is 3. The molecule has 1 atom stereocenters. The molecule has 1 aliphatic heterocycles. The van der Waals surface area contributed by atoms with E-state index in [0.29, 0.717) is 34.9 Å². The van der Waals surface area contributed by atoms with Crippen molar-refractivity contribution in [3.63, 3.8) is 0 Å². The highest BCUT2D eigenvalue weighted by molar-refractivity contribution is 6.51. The highest BCUT2D eigenvalue weighted by atomic mass is 16.5. The third-order valence-electron chi connectivity index (χ3n) is 5.75. The maximum Gasteiger partial charge on any atom is 0.300 e. The van der Waals surface area contributed by atoms with Crippen LogP contribution < -0.4 is 14.4 Å². The summed E-state index contributed by atoms with van der Waals surface area (Å²) in [6.45, 7) is 4.48. The summed E-state index contributed by atoms with van der Waals surface area (Å²) in [6.07, 6.45) is 0.842. The number of hydrogen-bond acceptors (Lipinski definition) is 5. The van der Waals surface area contributed by atoms with Crippen LogP contribution in [0, 0.1) is 6.92 Å². The Morgan fingerprint density at radius 1 is 0.971 bits per heavy atom. The highest BCUT2D eigenvalue weighted by Gasteiger charge is 2.47. The number of aryl methyl sites for hydroxylation is 1. The van der Waals surface area contributed by atoms with Crippen LogP contribution in [-0.2, 0) is 9.59 Å². The lowest BCUT2D eigenvalue weighted by Gasteiger charge is -2.26. The van der Waals surface area contributed by atoms with Crippen molar-refractivity contribution in [2.24, 2.45) is 0 Å². The Morgan fingerprint density at radius 2 is 1.68 bits per heavy atom. The lowest BCUT2D eigenvalue weighted by molar-refractivity contribution is -0.132. The molecule has 1 saturated heterocycles. The molecule has 6 heteroatoms. The van der Waals surface area contributed by atoms with Gasteiger partial charge < -0.3 is 14.6 Å². The van der Waals surface area contributed by atoms with E-state index >= 15 is 0 Å². The van der Waals surface area contributed by atoms with Crippen molar-refractivity contribution in [3.05, 3.63) is 95.1 Å². The summed E-state index contributed by atoms with van der Waals surface area (Å²) in [4.78, 5) is 28.0. The number of Topliss-reactive ketones (excluding diaryl/α,β-unsaturated/α-hetero) is 1. The van der Waals surface area contributed by atoms with Crippen LogP contribution in [0.2, 0.25) is 0 Å². The van der Waals surface area contributed by atoms with Crippen LogP contribution >= 0.6 is 0 Å². The molecule has 3 aromatic carbocycles. The van der Waals surface area contributed by atoms with Crippen LogP contribution in [0.4, 0.5) is 5.69 Å².